The monoisotopic (exact) mass is 392 g/mol. The minimum atomic E-state index is -0.553. The van der Waals surface area contributed by atoms with Crippen molar-refractivity contribution in [3.8, 4) is 0 Å². The number of ether oxygens (including phenoxy) is 1. The number of amides is 2. The summed E-state index contributed by atoms with van der Waals surface area (Å²) >= 11 is 1.28. The van der Waals surface area contributed by atoms with E-state index in [2.05, 4.69) is 12.2 Å². The average molecular weight is 393 g/mol. The van der Waals surface area contributed by atoms with Crippen molar-refractivity contribution in [1.29, 1.82) is 0 Å². The molecule has 0 heterocycles. The number of hydrogen-bond acceptors (Lipinski definition) is 5. The molecule has 2 amide bonds. The average Bonchev–Trinajstić information content (AvgIpc) is 2.66. The summed E-state index contributed by atoms with van der Waals surface area (Å²) in [6.45, 7) is 1.84. The Morgan fingerprint density at radius 1 is 1.19 bits per heavy atom. The second-order valence-electron chi connectivity index (χ2n) is 7.08. The van der Waals surface area contributed by atoms with E-state index in [1.54, 1.807) is 38.4 Å². The van der Waals surface area contributed by atoms with Gasteiger partial charge in [0.25, 0.3) is 5.91 Å². The number of benzene rings is 1. The third-order valence-electron chi connectivity index (χ3n) is 4.75. The molecule has 0 aliphatic heterocycles. The van der Waals surface area contributed by atoms with Crippen LogP contribution in [0.25, 0.3) is 0 Å². The Balaban J connectivity index is 1.88. The zero-order valence-electron chi connectivity index (χ0n) is 16.2. The van der Waals surface area contributed by atoms with Gasteiger partial charge in [-0.05, 0) is 30.9 Å². The van der Waals surface area contributed by atoms with Gasteiger partial charge in [-0.3, -0.25) is 9.59 Å². The first-order chi connectivity index (χ1) is 12.9. The third-order valence-corrected chi connectivity index (χ3v) is 5.81. The number of thioether (sulfide) groups is 1. The molecule has 1 aliphatic carbocycles. The van der Waals surface area contributed by atoms with E-state index in [0.29, 0.717) is 16.4 Å². The lowest BCUT2D eigenvalue weighted by Crippen LogP contribution is -2.42. The molecule has 6 nitrogen and oxygen atoms in total. The van der Waals surface area contributed by atoms with Gasteiger partial charge in [0.15, 0.2) is 6.61 Å². The molecule has 1 aromatic rings. The van der Waals surface area contributed by atoms with E-state index in [4.69, 9.17) is 4.74 Å². The molecule has 0 aromatic heterocycles. The van der Waals surface area contributed by atoms with Crippen LogP contribution in [0.2, 0.25) is 0 Å². The summed E-state index contributed by atoms with van der Waals surface area (Å²) < 4.78 is 5.20. The Hall–Kier alpha value is -2.02. The number of nitrogens with zero attached hydrogens (tertiary/aromatic N) is 1. The van der Waals surface area contributed by atoms with Crippen molar-refractivity contribution < 1.29 is 19.1 Å². The molecular formula is C20H28N2O4S. The van der Waals surface area contributed by atoms with Crippen molar-refractivity contribution in [2.75, 3.05) is 26.5 Å². The molecule has 0 unspecified atom stereocenters. The van der Waals surface area contributed by atoms with Crippen LogP contribution >= 0.6 is 11.8 Å². The van der Waals surface area contributed by atoms with Gasteiger partial charge in [0.05, 0.1) is 11.3 Å². The Morgan fingerprint density at radius 3 is 2.59 bits per heavy atom. The first-order valence-electron chi connectivity index (χ1n) is 9.27. The van der Waals surface area contributed by atoms with Crippen LogP contribution in [0.5, 0.6) is 0 Å². The van der Waals surface area contributed by atoms with Gasteiger partial charge >= 0.3 is 5.97 Å². The number of esters is 1. The van der Waals surface area contributed by atoms with E-state index in [9.17, 15) is 14.4 Å². The van der Waals surface area contributed by atoms with Crippen molar-refractivity contribution in [2.45, 2.75) is 43.5 Å². The van der Waals surface area contributed by atoms with Crippen molar-refractivity contribution in [2.24, 2.45) is 5.92 Å². The number of rotatable bonds is 7. The number of carbonyl (C=O) groups excluding carboxylic acids is 3. The lowest BCUT2D eigenvalue weighted by Gasteiger charge is -2.29. The molecule has 0 bridgehead atoms. The summed E-state index contributed by atoms with van der Waals surface area (Å²) in [6.07, 6.45) is 4.40. The lowest BCUT2D eigenvalue weighted by molar-refractivity contribution is -0.126. The van der Waals surface area contributed by atoms with Gasteiger partial charge in [0.2, 0.25) is 5.91 Å². The second kappa shape index (κ2) is 10.3. The number of carbonyl (C=O) groups is 3. The quantitative estimate of drug-likeness (QED) is 0.570. The van der Waals surface area contributed by atoms with Crippen molar-refractivity contribution in [3.05, 3.63) is 29.8 Å². The Bertz CT molecular complexity index is 678. The van der Waals surface area contributed by atoms with Crippen LogP contribution in [0.1, 0.15) is 43.0 Å². The fraction of sp³-hybridized carbons (Fsp3) is 0.550. The third kappa shape index (κ3) is 6.57. The molecule has 1 aromatic carbocycles. The van der Waals surface area contributed by atoms with Crippen LogP contribution in [-0.2, 0) is 14.3 Å². The smallest absolute Gasteiger partial charge is 0.339 e. The molecule has 1 saturated carbocycles. The highest BCUT2D eigenvalue weighted by atomic mass is 32.2. The zero-order valence-corrected chi connectivity index (χ0v) is 17.0. The first kappa shape index (κ1) is 21.3. The van der Waals surface area contributed by atoms with Crippen LogP contribution in [-0.4, -0.2) is 55.2 Å². The Morgan fingerprint density at radius 2 is 1.89 bits per heavy atom. The van der Waals surface area contributed by atoms with E-state index in [1.807, 2.05) is 0 Å². The van der Waals surface area contributed by atoms with Gasteiger partial charge in [-0.25, -0.2) is 4.79 Å². The molecule has 1 aliphatic rings. The van der Waals surface area contributed by atoms with E-state index < -0.39 is 5.97 Å². The Kier molecular flexibility index (Phi) is 8.16. The fourth-order valence-electron chi connectivity index (χ4n) is 3.02. The van der Waals surface area contributed by atoms with Crippen LogP contribution < -0.4 is 5.32 Å². The molecule has 0 spiro atoms. The zero-order chi connectivity index (χ0) is 19.8. The van der Waals surface area contributed by atoms with Gasteiger partial charge in [0.1, 0.15) is 0 Å². The standard InChI is InChI=1S/C20H28N2O4S/c1-14-8-4-6-10-16(14)21-18(23)12-26-20(25)15-9-5-7-11-17(15)27-13-19(24)22(2)3/h5,7,9,11,14,16H,4,6,8,10,12-13H2,1-3H3,(H,21,23)/t14-,16+/m1/s1. The second-order valence-corrected chi connectivity index (χ2v) is 8.10. The molecule has 0 radical (unpaired) electrons. The van der Waals surface area contributed by atoms with E-state index in [-0.39, 0.29) is 30.2 Å². The van der Waals surface area contributed by atoms with Crippen molar-refractivity contribution in [3.63, 3.8) is 0 Å². The summed E-state index contributed by atoms with van der Waals surface area (Å²) in [4.78, 5) is 38.5. The predicted molar refractivity (Wildman–Crippen MR) is 106 cm³/mol. The molecule has 1 fully saturated rings. The van der Waals surface area contributed by atoms with E-state index in [0.717, 1.165) is 19.3 Å². The van der Waals surface area contributed by atoms with Crippen molar-refractivity contribution >= 4 is 29.5 Å². The summed E-state index contributed by atoms with van der Waals surface area (Å²) in [6, 6.07) is 7.11. The highest BCUT2D eigenvalue weighted by Gasteiger charge is 2.23. The summed E-state index contributed by atoms with van der Waals surface area (Å²) in [7, 11) is 3.38. The molecule has 0 saturated heterocycles. The van der Waals surface area contributed by atoms with Crippen molar-refractivity contribution in [1.82, 2.24) is 10.2 Å². The predicted octanol–water partition coefficient (Wildman–Crippen LogP) is 2.72. The normalized spacial score (nSPS) is 19.2. The van der Waals surface area contributed by atoms with E-state index >= 15 is 0 Å². The van der Waals surface area contributed by atoms with Gasteiger partial charge < -0.3 is 15.0 Å². The minimum absolute atomic E-state index is 0.0378. The molecule has 1 N–H and O–H groups in total. The van der Waals surface area contributed by atoms with E-state index in [1.165, 1.54) is 23.1 Å². The number of hydrogen-bond donors (Lipinski definition) is 1. The highest BCUT2D eigenvalue weighted by Crippen LogP contribution is 2.24. The first-order valence-corrected chi connectivity index (χ1v) is 10.3. The number of nitrogens with one attached hydrogen (secondary N) is 1. The largest absolute Gasteiger partial charge is 0.452 e. The van der Waals surface area contributed by atoms with Crippen LogP contribution in [0.4, 0.5) is 0 Å². The minimum Gasteiger partial charge on any atom is -0.452 e. The molecule has 2 atom stereocenters. The van der Waals surface area contributed by atoms with Gasteiger partial charge in [-0.15, -0.1) is 11.8 Å². The molecular weight excluding hydrogens is 364 g/mol. The van der Waals surface area contributed by atoms with Crippen LogP contribution in [0.15, 0.2) is 29.2 Å². The summed E-state index contributed by atoms with van der Waals surface area (Å²) in [5.74, 6) is -0.177. The van der Waals surface area contributed by atoms with Crippen LogP contribution in [0.3, 0.4) is 0 Å². The molecule has 7 heteroatoms. The molecule has 148 valence electrons. The maximum Gasteiger partial charge on any atom is 0.339 e. The van der Waals surface area contributed by atoms with Gasteiger partial charge in [-0.2, -0.15) is 0 Å². The van der Waals surface area contributed by atoms with Gasteiger partial charge in [-0.1, -0.05) is 31.9 Å². The maximum atomic E-state index is 12.4. The summed E-state index contributed by atoms with van der Waals surface area (Å²) in [5, 5.41) is 2.97. The Labute approximate surface area is 165 Å². The fourth-order valence-corrected chi connectivity index (χ4v) is 4.04. The topological polar surface area (TPSA) is 75.7 Å². The highest BCUT2D eigenvalue weighted by molar-refractivity contribution is 8.00. The SMILES string of the molecule is C[C@@H]1CCCC[C@@H]1NC(=O)COC(=O)c1ccccc1SCC(=O)N(C)C. The van der Waals surface area contributed by atoms with Crippen LogP contribution in [0, 0.1) is 5.92 Å². The van der Waals surface area contributed by atoms with Gasteiger partial charge in [0, 0.05) is 25.0 Å². The lowest BCUT2D eigenvalue weighted by atomic mass is 9.86. The molecule has 2 rings (SSSR count). The molecule has 27 heavy (non-hydrogen) atoms. The maximum absolute atomic E-state index is 12.4. The summed E-state index contributed by atoms with van der Waals surface area (Å²) in [5.41, 5.74) is 0.368.